The second-order valence-corrected chi connectivity index (χ2v) is 8.73. The van der Waals surface area contributed by atoms with Crippen molar-refractivity contribution in [1.29, 1.82) is 0 Å². The molecule has 1 spiro atoms. The highest BCUT2D eigenvalue weighted by Crippen LogP contribution is 2.51. The molecular weight excluding hydrogens is 419 g/mol. The molecule has 6 heteroatoms. The van der Waals surface area contributed by atoms with Crippen molar-refractivity contribution < 1.29 is 9.53 Å². The van der Waals surface area contributed by atoms with Gasteiger partial charge in [-0.05, 0) is 61.0 Å². The van der Waals surface area contributed by atoms with Crippen LogP contribution < -0.4 is 9.80 Å². The third-order valence-corrected chi connectivity index (χ3v) is 6.37. The number of benzene rings is 3. The molecule has 5 rings (SSSR count). The minimum atomic E-state index is -0.502. The lowest BCUT2D eigenvalue weighted by atomic mass is 9.82. The Kier molecular flexibility index (Phi) is 4.73. The monoisotopic (exact) mass is 438 g/mol. The van der Waals surface area contributed by atoms with Gasteiger partial charge in [-0.25, -0.2) is 4.79 Å². The fraction of sp³-hybridized carbons (Fsp3) is 0.208. The minimum absolute atomic E-state index is 0.0885. The lowest BCUT2D eigenvalue weighted by Crippen LogP contribution is -2.62. The summed E-state index contributed by atoms with van der Waals surface area (Å²) in [4.78, 5) is 17.6. The van der Waals surface area contributed by atoms with Crippen molar-refractivity contribution in [2.75, 3.05) is 23.0 Å². The van der Waals surface area contributed by atoms with Gasteiger partial charge in [-0.1, -0.05) is 53.0 Å². The van der Waals surface area contributed by atoms with Crippen LogP contribution in [0.1, 0.15) is 17.2 Å². The van der Waals surface area contributed by atoms with Crippen molar-refractivity contribution in [1.82, 2.24) is 0 Å². The van der Waals surface area contributed by atoms with Gasteiger partial charge in [0.1, 0.15) is 5.54 Å². The van der Waals surface area contributed by atoms with E-state index in [1.165, 1.54) is 0 Å². The summed E-state index contributed by atoms with van der Waals surface area (Å²) in [6, 6.07) is 22.8. The second-order valence-electron chi connectivity index (χ2n) is 7.85. The fourth-order valence-electron chi connectivity index (χ4n) is 4.49. The molecule has 2 saturated heterocycles. The lowest BCUT2D eigenvalue weighted by molar-refractivity contribution is -0.0580. The van der Waals surface area contributed by atoms with Gasteiger partial charge in [0.15, 0.2) is 0 Å². The average molecular weight is 439 g/mol. The first kappa shape index (κ1) is 19.4. The van der Waals surface area contributed by atoms with Gasteiger partial charge in [-0.3, -0.25) is 9.80 Å². The van der Waals surface area contributed by atoms with E-state index in [9.17, 15) is 4.79 Å². The van der Waals surface area contributed by atoms with E-state index < -0.39 is 5.54 Å². The molecule has 0 saturated carbocycles. The number of carbonyl (C=O) groups is 1. The number of carbonyl (C=O) groups excluding carboxylic acids is 1. The molecule has 3 aromatic rings. The Balaban J connectivity index is 1.70. The number of urea groups is 1. The number of rotatable bonds is 3. The summed E-state index contributed by atoms with van der Waals surface area (Å²) in [5.74, 6) is 0. The molecule has 2 fully saturated rings. The number of ether oxygens (including phenoxy) is 1. The molecule has 0 bridgehead atoms. The molecule has 1 atom stereocenters. The van der Waals surface area contributed by atoms with E-state index in [2.05, 4.69) is 25.1 Å². The van der Waals surface area contributed by atoms with Gasteiger partial charge in [0, 0.05) is 21.4 Å². The third kappa shape index (κ3) is 2.99. The van der Waals surface area contributed by atoms with Crippen molar-refractivity contribution in [3.05, 3.63) is 94.0 Å². The molecule has 0 N–H and O–H groups in total. The first-order valence-electron chi connectivity index (χ1n) is 9.78. The zero-order chi connectivity index (χ0) is 20.9. The summed E-state index contributed by atoms with van der Waals surface area (Å²) in [5, 5.41) is 1.27. The summed E-state index contributed by atoms with van der Waals surface area (Å²) < 4.78 is 5.70. The zero-order valence-electron chi connectivity index (χ0n) is 16.4. The third-order valence-electron chi connectivity index (χ3n) is 5.86. The van der Waals surface area contributed by atoms with E-state index in [-0.39, 0.29) is 12.1 Å². The molecule has 30 heavy (non-hydrogen) atoms. The number of amides is 2. The Morgan fingerprint density at radius 3 is 2.03 bits per heavy atom. The number of hydrogen-bond donors (Lipinski definition) is 0. The molecule has 3 aromatic carbocycles. The fourth-order valence-corrected chi connectivity index (χ4v) is 4.74. The summed E-state index contributed by atoms with van der Waals surface area (Å²) in [6.07, 6.45) is 0. The van der Waals surface area contributed by atoms with Crippen molar-refractivity contribution in [3.8, 4) is 0 Å². The Morgan fingerprint density at radius 2 is 1.50 bits per heavy atom. The van der Waals surface area contributed by atoms with Crippen molar-refractivity contribution in [2.24, 2.45) is 0 Å². The van der Waals surface area contributed by atoms with Crippen molar-refractivity contribution in [3.63, 3.8) is 0 Å². The molecule has 0 aromatic heterocycles. The molecule has 4 nitrogen and oxygen atoms in total. The van der Waals surface area contributed by atoms with Gasteiger partial charge in [0.05, 0.1) is 19.3 Å². The smallest absolute Gasteiger partial charge is 0.330 e. The zero-order valence-corrected chi connectivity index (χ0v) is 17.9. The second kappa shape index (κ2) is 7.31. The normalized spacial score (nSPS) is 20.0. The van der Waals surface area contributed by atoms with Crippen LogP contribution in [0.15, 0.2) is 72.8 Å². The van der Waals surface area contributed by atoms with E-state index in [1.54, 1.807) is 0 Å². The van der Waals surface area contributed by atoms with E-state index in [0.717, 1.165) is 22.5 Å². The summed E-state index contributed by atoms with van der Waals surface area (Å²) in [7, 11) is 0. The van der Waals surface area contributed by atoms with Crippen LogP contribution in [0, 0.1) is 6.92 Å². The summed E-state index contributed by atoms with van der Waals surface area (Å²) in [6.45, 7) is 2.99. The maximum absolute atomic E-state index is 13.9. The van der Waals surface area contributed by atoms with E-state index in [1.807, 2.05) is 64.4 Å². The first-order valence-corrected chi connectivity index (χ1v) is 10.5. The quantitative estimate of drug-likeness (QED) is 0.483. The average Bonchev–Trinajstić information content (AvgIpc) is 2.99. The van der Waals surface area contributed by atoms with Crippen LogP contribution in [-0.4, -0.2) is 24.8 Å². The van der Waals surface area contributed by atoms with Gasteiger partial charge in [0.2, 0.25) is 0 Å². The van der Waals surface area contributed by atoms with E-state index >= 15 is 0 Å². The predicted octanol–water partition coefficient (Wildman–Crippen LogP) is 6.26. The number of hydrogen-bond acceptors (Lipinski definition) is 2. The molecule has 2 aliphatic heterocycles. The molecule has 2 amide bonds. The van der Waals surface area contributed by atoms with Crippen molar-refractivity contribution in [2.45, 2.75) is 18.5 Å². The highest BCUT2D eigenvalue weighted by atomic mass is 35.5. The topological polar surface area (TPSA) is 32.8 Å². The number of nitrogens with zero attached hydrogens (tertiary/aromatic N) is 2. The van der Waals surface area contributed by atoms with Gasteiger partial charge < -0.3 is 4.74 Å². The Hall–Kier alpha value is -2.53. The largest absolute Gasteiger partial charge is 0.376 e. The predicted molar refractivity (Wildman–Crippen MR) is 121 cm³/mol. The van der Waals surface area contributed by atoms with Crippen LogP contribution in [0.5, 0.6) is 0 Å². The Morgan fingerprint density at radius 1 is 0.900 bits per heavy atom. The number of aryl methyl sites for hydroxylation is 1. The molecule has 0 aliphatic carbocycles. The molecule has 2 aliphatic rings. The van der Waals surface area contributed by atoms with Gasteiger partial charge >= 0.3 is 6.03 Å². The summed E-state index contributed by atoms with van der Waals surface area (Å²) >= 11 is 12.2. The molecular formula is C24H20Cl2N2O2. The molecule has 152 valence electrons. The van der Waals surface area contributed by atoms with E-state index in [4.69, 9.17) is 27.9 Å². The van der Waals surface area contributed by atoms with Crippen LogP contribution >= 0.6 is 23.2 Å². The number of halogens is 2. The summed E-state index contributed by atoms with van der Waals surface area (Å²) in [5.41, 5.74) is 3.34. The van der Waals surface area contributed by atoms with Crippen LogP contribution in [0.2, 0.25) is 10.0 Å². The maximum Gasteiger partial charge on any atom is 0.330 e. The molecule has 0 unspecified atom stereocenters. The maximum atomic E-state index is 13.9. The lowest BCUT2D eigenvalue weighted by Gasteiger charge is -2.47. The van der Waals surface area contributed by atoms with Crippen LogP contribution in [0.3, 0.4) is 0 Å². The highest BCUT2D eigenvalue weighted by molar-refractivity contribution is 6.31. The van der Waals surface area contributed by atoms with Gasteiger partial charge in [-0.2, -0.15) is 0 Å². The first-order chi connectivity index (χ1) is 14.5. The molecule has 0 radical (unpaired) electrons. The van der Waals surface area contributed by atoms with Crippen LogP contribution in [0.25, 0.3) is 0 Å². The number of anilines is 2. The van der Waals surface area contributed by atoms with Crippen LogP contribution in [0.4, 0.5) is 16.2 Å². The van der Waals surface area contributed by atoms with Gasteiger partial charge in [0.25, 0.3) is 0 Å². The Bertz CT molecular complexity index is 1090. The standard InChI is InChI=1S/C24H20Cl2N2O2/c1-16-3-2-4-17(13-16)22-24(14-30-15-24)28(21-11-7-19(26)8-12-21)23(29)27(22)20-9-5-18(25)6-10-20/h2-13,22H,14-15H2,1H3/t22-/m1/s1. The molecule has 2 heterocycles. The Labute approximate surface area is 185 Å². The van der Waals surface area contributed by atoms with Gasteiger partial charge in [-0.15, -0.1) is 0 Å². The van der Waals surface area contributed by atoms with Crippen LogP contribution in [-0.2, 0) is 4.74 Å². The van der Waals surface area contributed by atoms with E-state index in [0.29, 0.717) is 23.3 Å². The minimum Gasteiger partial charge on any atom is -0.376 e. The van der Waals surface area contributed by atoms with Crippen molar-refractivity contribution >= 4 is 40.6 Å². The highest BCUT2D eigenvalue weighted by Gasteiger charge is 2.62. The SMILES string of the molecule is Cc1cccc([C@H]2N(c3ccc(Cl)cc3)C(=O)N(c3ccc(Cl)cc3)C23COC3)c1.